The Balaban J connectivity index is 3.02. The molecule has 0 aliphatic heterocycles. The standard InChI is InChI=1S/C9H12N2/c1-6-3-4-8(5-10)9(11)7(6)2/h4,6H,3,11H2,1-2H3/t6-/m1/s1. The minimum atomic E-state index is 0.493. The lowest BCUT2D eigenvalue weighted by Crippen LogP contribution is -2.12. The summed E-state index contributed by atoms with van der Waals surface area (Å²) in [6.45, 7) is 4.11. The third kappa shape index (κ3) is 1.27. The van der Waals surface area contributed by atoms with Gasteiger partial charge in [-0.05, 0) is 24.8 Å². The lowest BCUT2D eigenvalue weighted by Gasteiger charge is -2.18. The average Bonchev–Trinajstić information content (AvgIpc) is 2.01. The van der Waals surface area contributed by atoms with Gasteiger partial charge in [0.15, 0.2) is 0 Å². The molecule has 11 heavy (non-hydrogen) atoms. The zero-order chi connectivity index (χ0) is 8.43. The normalized spacial score (nSPS) is 24.5. The van der Waals surface area contributed by atoms with Gasteiger partial charge in [-0.15, -0.1) is 0 Å². The number of hydrogen-bond acceptors (Lipinski definition) is 2. The summed E-state index contributed by atoms with van der Waals surface area (Å²) in [5.41, 5.74) is 8.17. The maximum Gasteiger partial charge on any atom is 0.101 e. The van der Waals surface area contributed by atoms with Crippen molar-refractivity contribution < 1.29 is 0 Å². The summed E-state index contributed by atoms with van der Waals surface area (Å²) in [5.74, 6) is 0.493. The Kier molecular flexibility index (Phi) is 2.00. The van der Waals surface area contributed by atoms with Crippen LogP contribution in [0, 0.1) is 17.2 Å². The smallest absolute Gasteiger partial charge is 0.101 e. The predicted octanol–water partition coefficient (Wildman–Crippen LogP) is 1.71. The molecule has 0 radical (unpaired) electrons. The monoisotopic (exact) mass is 148 g/mol. The Hall–Kier alpha value is -1.23. The van der Waals surface area contributed by atoms with Gasteiger partial charge in [0, 0.05) is 5.70 Å². The van der Waals surface area contributed by atoms with Crippen molar-refractivity contribution in [1.82, 2.24) is 0 Å². The average molecular weight is 148 g/mol. The summed E-state index contributed by atoms with van der Waals surface area (Å²) in [6.07, 6.45) is 2.85. The van der Waals surface area contributed by atoms with E-state index in [0.717, 1.165) is 12.0 Å². The Morgan fingerprint density at radius 1 is 1.73 bits per heavy atom. The number of allylic oxidation sites excluding steroid dienone is 3. The molecule has 0 aromatic carbocycles. The molecule has 0 bridgehead atoms. The van der Waals surface area contributed by atoms with E-state index in [4.69, 9.17) is 11.0 Å². The molecule has 0 heterocycles. The molecule has 1 atom stereocenters. The molecule has 0 amide bonds. The fourth-order valence-electron chi connectivity index (χ4n) is 1.17. The first-order chi connectivity index (χ1) is 5.16. The highest BCUT2D eigenvalue weighted by atomic mass is 14.6. The highest BCUT2D eigenvalue weighted by molar-refractivity contribution is 5.45. The van der Waals surface area contributed by atoms with Gasteiger partial charge in [0.2, 0.25) is 0 Å². The van der Waals surface area contributed by atoms with E-state index in [9.17, 15) is 0 Å². The molecular weight excluding hydrogens is 136 g/mol. The van der Waals surface area contributed by atoms with Crippen LogP contribution in [0.3, 0.4) is 0 Å². The van der Waals surface area contributed by atoms with Crippen molar-refractivity contribution in [2.45, 2.75) is 20.3 Å². The van der Waals surface area contributed by atoms with E-state index in [1.807, 2.05) is 13.0 Å². The number of nitrogens with two attached hydrogens (primary N) is 1. The number of hydrogen-bond donors (Lipinski definition) is 1. The molecule has 1 aliphatic rings. The van der Waals surface area contributed by atoms with E-state index in [-0.39, 0.29) is 0 Å². The van der Waals surface area contributed by atoms with Gasteiger partial charge in [0.05, 0.1) is 5.57 Å². The largest absolute Gasteiger partial charge is 0.398 e. The fourth-order valence-corrected chi connectivity index (χ4v) is 1.17. The molecule has 58 valence electrons. The van der Waals surface area contributed by atoms with E-state index in [1.54, 1.807) is 0 Å². The zero-order valence-corrected chi connectivity index (χ0v) is 6.89. The highest BCUT2D eigenvalue weighted by Gasteiger charge is 2.15. The van der Waals surface area contributed by atoms with Crippen molar-refractivity contribution in [3.63, 3.8) is 0 Å². The van der Waals surface area contributed by atoms with Crippen LogP contribution >= 0.6 is 0 Å². The van der Waals surface area contributed by atoms with Crippen LogP contribution in [-0.4, -0.2) is 0 Å². The Labute approximate surface area is 67.0 Å². The second kappa shape index (κ2) is 2.79. The van der Waals surface area contributed by atoms with Gasteiger partial charge in [-0.25, -0.2) is 0 Å². The molecule has 2 nitrogen and oxygen atoms in total. The summed E-state index contributed by atoms with van der Waals surface area (Å²) in [4.78, 5) is 0. The van der Waals surface area contributed by atoms with Crippen LogP contribution < -0.4 is 5.73 Å². The van der Waals surface area contributed by atoms with Crippen LogP contribution in [0.15, 0.2) is 22.9 Å². The molecule has 0 spiro atoms. The van der Waals surface area contributed by atoms with Crippen molar-refractivity contribution in [2.75, 3.05) is 0 Å². The Morgan fingerprint density at radius 2 is 2.36 bits per heavy atom. The number of rotatable bonds is 0. The zero-order valence-electron chi connectivity index (χ0n) is 6.89. The molecule has 1 aliphatic carbocycles. The second-order valence-corrected chi connectivity index (χ2v) is 2.96. The van der Waals surface area contributed by atoms with Crippen LogP contribution in [0.2, 0.25) is 0 Å². The summed E-state index contributed by atoms with van der Waals surface area (Å²) < 4.78 is 0. The first-order valence-electron chi connectivity index (χ1n) is 3.73. The molecule has 0 saturated carbocycles. The number of nitriles is 1. The van der Waals surface area contributed by atoms with Gasteiger partial charge >= 0.3 is 0 Å². The molecule has 0 unspecified atom stereocenters. The van der Waals surface area contributed by atoms with Crippen LogP contribution in [0.5, 0.6) is 0 Å². The van der Waals surface area contributed by atoms with Crippen molar-refractivity contribution in [1.29, 1.82) is 5.26 Å². The lowest BCUT2D eigenvalue weighted by molar-refractivity contribution is 0.672. The lowest BCUT2D eigenvalue weighted by atomic mass is 9.89. The SMILES string of the molecule is CC1=C(N)C(C#N)=CC[C@H]1C. The maximum atomic E-state index is 8.63. The minimum Gasteiger partial charge on any atom is -0.398 e. The predicted molar refractivity (Wildman–Crippen MR) is 44.4 cm³/mol. The topological polar surface area (TPSA) is 49.8 Å². The van der Waals surface area contributed by atoms with Gasteiger partial charge in [0.25, 0.3) is 0 Å². The molecular formula is C9H12N2. The minimum absolute atomic E-state index is 0.493. The van der Waals surface area contributed by atoms with Crippen molar-refractivity contribution in [3.8, 4) is 6.07 Å². The quantitative estimate of drug-likeness (QED) is 0.568. The molecule has 1 rings (SSSR count). The molecule has 0 aromatic rings. The molecule has 2 heteroatoms. The van der Waals surface area contributed by atoms with Crippen LogP contribution in [0.1, 0.15) is 20.3 Å². The molecule has 0 fully saturated rings. The summed E-state index contributed by atoms with van der Waals surface area (Å²) in [7, 11) is 0. The molecule has 0 aromatic heterocycles. The third-order valence-corrected chi connectivity index (χ3v) is 2.25. The molecule has 0 saturated heterocycles. The van der Waals surface area contributed by atoms with E-state index in [1.165, 1.54) is 0 Å². The first kappa shape index (κ1) is 7.87. The molecule has 2 N–H and O–H groups in total. The van der Waals surface area contributed by atoms with Crippen LogP contribution in [0.4, 0.5) is 0 Å². The van der Waals surface area contributed by atoms with E-state index in [2.05, 4.69) is 13.0 Å². The number of nitrogens with zero attached hydrogens (tertiary/aromatic N) is 1. The maximum absolute atomic E-state index is 8.63. The third-order valence-electron chi connectivity index (χ3n) is 2.25. The fraction of sp³-hybridized carbons (Fsp3) is 0.444. The van der Waals surface area contributed by atoms with Gasteiger partial charge in [-0.2, -0.15) is 5.26 Å². The highest BCUT2D eigenvalue weighted by Crippen LogP contribution is 2.25. The van der Waals surface area contributed by atoms with Crippen LogP contribution in [-0.2, 0) is 0 Å². The first-order valence-corrected chi connectivity index (χ1v) is 3.73. The van der Waals surface area contributed by atoms with E-state index < -0.39 is 0 Å². The Bertz CT molecular complexity index is 266. The van der Waals surface area contributed by atoms with Gasteiger partial charge in [-0.1, -0.05) is 13.0 Å². The van der Waals surface area contributed by atoms with Crippen molar-refractivity contribution >= 4 is 0 Å². The van der Waals surface area contributed by atoms with Gasteiger partial charge < -0.3 is 5.73 Å². The van der Waals surface area contributed by atoms with Gasteiger partial charge in [0.1, 0.15) is 6.07 Å². The summed E-state index contributed by atoms with van der Waals surface area (Å²) >= 11 is 0. The van der Waals surface area contributed by atoms with Crippen molar-refractivity contribution in [3.05, 3.63) is 22.9 Å². The van der Waals surface area contributed by atoms with Gasteiger partial charge in [-0.3, -0.25) is 0 Å². The summed E-state index contributed by atoms with van der Waals surface area (Å²) in [6, 6.07) is 2.08. The van der Waals surface area contributed by atoms with Crippen LogP contribution in [0.25, 0.3) is 0 Å². The van der Waals surface area contributed by atoms with E-state index in [0.29, 0.717) is 17.2 Å². The van der Waals surface area contributed by atoms with E-state index >= 15 is 0 Å². The second-order valence-electron chi connectivity index (χ2n) is 2.96. The Morgan fingerprint density at radius 3 is 2.91 bits per heavy atom. The van der Waals surface area contributed by atoms with Crippen molar-refractivity contribution in [2.24, 2.45) is 11.7 Å². The summed E-state index contributed by atoms with van der Waals surface area (Å²) in [5, 5.41) is 8.63.